The molecule has 0 spiro atoms. The lowest BCUT2D eigenvalue weighted by atomic mass is 10.4. The van der Waals surface area contributed by atoms with Gasteiger partial charge in [-0.3, -0.25) is 10.1 Å². The summed E-state index contributed by atoms with van der Waals surface area (Å²) in [7, 11) is 0. The number of nitrogens with zero attached hydrogens (tertiary/aromatic N) is 3. The van der Waals surface area contributed by atoms with Gasteiger partial charge in [0.25, 0.3) is 0 Å². The fourth-order valence-corrected chi connectivity index (χ4v) is 1.32. The molecule has 1 heterocycles. The molecule has 1 aromatic heterocycles. The number of allylic oxidation sites excluding steroid dienone is 1. The molecule has 5 nitrogen and oxygen atoms in total. The quantitative estimate of drug-likeness (QED) is 0.545. The molecule has 1 rings (SSSR count). The number of hydrogen-bond acceptors (Lipinski definition) is 5. The third kappa shape index (κ3) is 2.65. The van der Waals surface area contributed by atoms with Crippen LogP contribution in [0.15, 0.2) is 12.3 Å². The maximum atomic E-state index is 10.2. The summed E-state index contributed by atoms with van der Waals surface area (Å²) in [6.07, 6.45) is 4.70. The van der Waals surface area contributed by atoms with E-state index in [0.717, 1.165) is 11.3 Å². The van der Waals surface area contributed by atoms with Crippen molar-refractivity contribution >= 4 is 22.4 Å². The highest BCUT2D eigenvalue weighted by atomic mass is 32.1. The molecule has 0 amide bonds. The van der Waals surface area contributed by atoms with Gasteiger partial charge in [-0.05, 0) is 17.4 Å². The number of thiazole rings is 1. The smallest absolute Gasteiger partial charge is 0.257 e. The van der Waals surface area contributed by atoms with E-state index in [9.17, 15) is 10.1 Å². The lowest BCUT2D eigenvalue weighted by molar-refractivity contribution is -0.380. The second kappa shape index (κ2) is 4.33. The van der Waals surface area contributed by atoms with E-state index >= 15 is 0 Å². The minimum Gasteiger partial charge on any atom is -0.257 e. The summed E-state index contributed by atoms with van der Waals surface area (Å²) in [5, 5.41) is 19.0. The second-order valence-corrected chi connectivity index (χ2v) is 3.10. The van der Waals surface area contributed by atoms with Crippen LogP contribution < -0.4 is 0 Å². The first-order valence-corrected chi connectivity index (χ1v) is 4.19. The van der Waals surface area contributed by atoms with Crippen molar-refractivity contribution in [1.82, 2.24) is 4.98 Å². The molecule has 6 heteroatoms. The first kappa shape index (κ1) is 9.35. The standard InChI is InChI=1S/C7H5N3O2S/c8-4-2-1-3-6-9-5-7(13-6)10(11)12/h1,3,5H,2H2. The maximum Gasteiger partial charge on any atom is 0.344 e. The molecule has 0 saturated heterocycles. The van der Waals surface area contributed by atoms with Crippen molar-refractivity contribution in [3.8, 4) is 6.07 Å². The minimum absolute atomic E-state index is 0.0107. The lowest BCUT2D eigenvalue weighted by Crippen LogP contribution is -1.80. The van der Waals surface area contributed by atoms with Crippen molar-refractivity contribution < 1.29 is 4.92 Å². The van der Waals surface area contributed by atoms with Crippen LogP contribution in [0.3, 0.4) is 0 Å². The van der Waals surface area contributed by atoms with E-state index in [1.54, 1.807) is 12.2 Å². The monoisotopic (exact) mass is 195 g/mol. The predicted molar refractivity (Wildman–Crippen MR) is 48.0 cm³/mol. The first-order valence-electron chi connectivity index (χ1n) is 3.37. The summed E-state index contributed by atoms with van der Waals surface area (Å²) in [6.45, 7) is 0. The van der Waals surface area contributed by atoms with Crippen LogP contribution in [-0.2, 0) is 0 Å². The van der Waals surface area contributed by atoms with Gasteiger partial charge >= 0.3 is 5.00 Å². The molecule has 0 aliphatic heterocycles. The van der Waals surface area contributed by atoms with Gasteiger partial charge in [-0.1, -0.05) is 6.08 Å². The van der Waals surface area contributed by atoms with E-state index in [4.69, 9.17) is 5.26 Å². The van der Waals surface area contributed by atoms with Crippen LogP contribution in [0.2, 0.25) is 0 Å². The Bertz CT molecular complexity index is 377. The average molecular weight is 195 g/mol. The number of rotatable bonds is 3. The average Bonchev–Trinajstić information content (AvgIpc) is 2.53. The second-order valence-electron chi connectivity index (χ2n) is 2.06. The van der Waals surface area contributed by atoms with Crippen LogP contribution in [0, 0.1) is 21.4 Å². The summed E-state index contributed by atoms with van der Waals surface area (Å²) in [4.78, 5) is 13.5. The van der Waals surface area contributed by atoms with Gasteiger partial charge in [0.1, 0.15) is 11.2 Å². The van der Waals surface area contributed by atoms with Crippen molar-refractivity contribution in [2.24, 2.45) is 0 Å². The Morgan fingerprint density at radius 3 is 3.15 bits per heavy atom. The van der Waals surface area contributed by atoms with E-state index in [0.29, 0.717) is 5.01 Å². The van der Waals surface area contributed by atoms with Gasteiger partial charge in [-0.2, -0.15) is 5.26 Å². The molecule has 0 aromatic carbocycles. The van der Waals surface area contributed by atoms with Crippen LogP contribution >= 0.6 is 11.3 Å². The Kier molecular flexibility index (Phi) is 3.11. The molecule has 0 bridgehead atoms. The highest BCUT2D eigenvalue weighted by molar-refractivity contribution is 7.15. The Hall–Kier alpha value is -1.74. The fraction of sp³-hybridized carbons (Fsp3) is 0.143. The van der Waals surface area contributed by atoms with Gasteiger partial charge in [0.2, 0.25) is 0 Å². The molecule has 0 unspecified atom stereocenters. The van der Waals surface area contributed by atoms with Crippen molar-refractivity contribution in [1.29, 1.82) is 5.26 Å². The summed E-state index contributed by atoms with van der Waals surface area (Å²) >= 11 is 0.985. The van der Waals surface area contributed by atoms with Crippen LogP contribution in [0.4, 0.5) is 5.00 Å². The number of hydrogen-bond donors (Lipinski definition) is 0. The molecule has 1 aromatic rings. The van der Waals surface area contributed by atoms with Crippen LogP contribution in [0.25, 0.3) is 6.08 Å². The zero-order chi connectivity index (χ0) is 9.68. The highest BCUT2D eigenvalue weighted by Crippen LogP contribution is 2.21. The normalized spacial score (nSPS) is 10.1. The molecule has 0 aliphatic carbocycles. The van der Waals surface area contributed by atoms with Crippen LogP contribution in [-0.4, -0.2) is 9.91 Å². The minimum atomic E-state index is -0.487. The van der Waals surface area contributed by atoms with E-state index in [1.807, 2.05) is 6.07 Å². The number of aromatic nitrogens is 1. The zero-order valence-electron chi connectivity index (χ0n) is 6.51. The first-order chi connectivity index (χ1) is 6.24. The SMILES string of the molecule is N#CCC=Cc1ncc([N+](=O)[O-])s1. The molecule has 0 saturated carbocycles. The largest absolute Gasteiger partial charge is 0.344 e. The van der Waals surface area contributed by atoms with Crippen molar-refractivity contribution in [2.45, 2.75) is 6.42 Å². The van der Waals surface area contributed by atoms with Gasteiger partial charge in [-0.15, -0.1) is 0 Å². The predicted octanol–water partition coefficient (Wildman–Crippen LogP) is 1.98. The molecule has 66 valence electrons. The van der Waals surface area contributed by atoms with E-state index < -0.39 is 4.92 Å². The maximum absolute atomic E-state index is 10.2. The number of nitriles is 1. The Labute approximate surface area is 78.1 Å². The Morgan fingerprint density at radius 1 is 1.85 bits per heavy atom. The van der Waals surface area contributed by atoms with Crippen LogP contribution in [0.1, 0.15) is 11.4 Å². The summed E-state index contributed by atoms with van der Waals surface area (Å²) in [6, 6.07) is 1.92. The summed E-state index contributed by atoms with van der Waals surface area (Å²) in [5.74, 6) is 0. The van der Waals surface area contributed by atoms with Crippen molar-refractivity contribution in [2.75, 3.05) is 0 Å². The molecule has 0 atom stereocenters. The topological polar surface area (TPSA) is 79.8 Å². The van der Waals surface area contributed by atoms with Crippen molar-refractivity contribution in [3.63, 3.8) is 0 Å². The number of nitro groups is 1. The molecule has 0 radical (unpaired) electrons. The molecular formula is C7H5N3O2S. The van der Waals surface area contributed by atoms with Gasteiger partial charge in [-0.25, -0.2) is 4.98 Å². The molecule has 0 aliphatic rings. The van der Waals surface area contributed by atoms with Gasteiger partial charge in [0.05, 0.1) is 17.4 Å². The third-order valence-corrected chi connectivity index (χ3v) is 2.08. The van der Waals surface area contributed by atoms with Crippen LogP contribution in [0.5, 0.6) is 0 Å². The molecular weight excluding hydrogens is 190 g/mol. The van der Waals surface area contributed by atoms with Gasteiger partial charge in [0.15, 0.2) is 0 Å². The third-order valence-electron chi connectivity index (χ3n) is 1.16. The highest BCUT2D eigenvalue weighted by Gasteiger charge is 2.08. The Balaban J connectivity index is 2.70. The Morgan fingerprint density at radius 2 is 2.62 bits per heavy atom. The summed E-state index contributed by atoms with van der Waals surface area (Å²) in [5.41, 5.74) is 0. The fourth-order valence-electron chi connectivity index (χ4n) is 0.653. The van der Waals surface area contributed by atoms with Gasteiger partial charge < -0.3 is 0 Å². The van der Waals surface area contributed by atoms with E-state index in [1.165, 1.54) is 6.20 Å². The van der Waals surface area contributed by atoms with E-state index in [2.05, 4.69) is 4.98 Å². The molecule has 0 fully saturated rings. The summed E-state index contributed by atoms with van der Waals surface area (Å²) < 4.78 is 0. The zero-order valence-corrected chi connectivity index (χ0v) is 7.32. The molecule has 13 heavy (non-hydrogen) atoms. The van der Waals surface area contributed by atoms with E-state index in [-0.39, 0.29) is 11.4 Å². The van der Waals surface area contributed by atoms with Crippen molar-refractivity contribution in [3.05, 3.63) is 27.4 Å². The lowest BCUT2D eigenvalue weighted by Gasteiger charge is -1.78. The van der Waals surface area contributed by atoms with Gasteiger partial charge in [0, 0.05) is 0 Å². The molecule has 0 N–H and O–H groups in total.